The van der Waals surface area contributed by atoms with Gasteiger partial charge in [-0.15, -0.1) is 0 Å². The fraction of sp³-hybridized carbons (Fsp3) is 0.167. The number of Topliss-reactive ketones (excluding diaryl/α,β-unsaturated/α-hetero) is 1. The van der Waals surface area contributed by atoms with Crippen LogP contribution in [0.4, 0.5) is 0 Å². The van der Waals surface area contributed by atoms with Crippen LogP contribution < -0.4 is 0 Å². The van der Waals surface area contributed by atoms with Crippen LogP contribution >= 0.6 is 11.8 Å². The molecular weight excluding hydrogens is 150 g/mol. The van der Waals surface area contributed by atoms with E-state index < -0.39 is 11.6 Å². The van der Waals surface area contributed by atoms with E-state index in [0.717, 1.165) is 17.8 Å². The molecule has 52 valence electrons. The van der Waals surface area contributed by atoms with Gasteiger partial charge in [0.15, 0.2) is 5.78 Å². The van der Waals surface area contributed by atoms with Gasteiger partial charge in [-0.3, -0.25) is 9.59 Å². The first-order valence-electron chi connectivity index (χ1n) is 2.44. The summed E-state index contributed by atoms with van der Waals surface area (Å²) in [6.45, 7) is 1.18. The van der Waals surface area contributed by atoms with Gasteiger partial charge in [0.1, 0.15) is 5.40 Å². The largest absolute Gasteiger partial charge is 0.291 e. The van der Waals surface area contributed by atoms with Gasteiger partial charge in [-0.1, -0.05) is 0 Å². The van der Waals surface area contributed by atoms with Gasteiger partial charge >= 0.3 is 0 Å². The Labute approximate surface area is 62.7 Å². The van der Waals surface area contributed by atoms with Gasteiger partial charge in [-0.2, -0.15) is 5.26 Å². The molecule has 0 aliphatic carbocycles. The number of hydrogen-bond acceptors (Lipinski definition) is 4. The number of thioether (sulfide) groups is 1. The molecule has 0 saturated heterocycles. The summed E-state index contributed by atoms with van der Waals surface area (Å²) in [6.07, 6.45) is 1.08. The van der Waals surface area contributed by atoms with Crippen LogP contribution in [0.1, 0.15) is 6.92 Å². The highest BCUT2D eigenvalue weighted by Gasteiger charge is 2.00. The molecule has 0 aliphatic rings. The Kier molecular flexibility index (Phi) is 4.25. The summed E-state index contributed by atoms with van der Waals surface area (Å²) >= 11 is 0.806. The monoisotopic (exact) mass is 155 g/mol. The zero-order valence-electron chi connectivity index (χ0n) is 5.33. The Morgan fingerprint density at radius 1 is 1.60 bits per heavy atom. The smallest absolute Gasteiger partial charge is 0.221 e. The zero-order chi connectivity index (χ0) is 7.98. The molecular formula is C6H5NO2S. The number of ketones is 2. The van der Waals surface area contributed by atoms with E-state index in [-0.39, 0.29) is 0 Å². The molecule has 0 aromatic heterocycles. The van der Waals surface area contributed by atoms with Crippen molar-refractivity contribution in [3.05, 3.63) is 11.5 Å². The number of thiocyanates is 1. The van der Waals surface area contributed by atoms with Crippen molar-refractivity contribution >= 4 is 23.3 Å². The fourth-order valence-corrected chi connectivity index (χ4v) is 0.496. The molecule has 0 amide bonds. The van der Waals surface area contributed by atoms with Crippen molar-refractivity contribution in [3.63, 3.8) is 0 Å². The van der Waals surface area contributed by atoms with Crippen LogP contribution in [0, 0.1) is 10.7 Å². The third-order valence-electron chi connectivity index (χ3n) is 0.687. The highest BCUT2D eigenvalue weighted by atomic mass is 32.2. The number of allylic oxidation sites excluding steroid dienone is 1. The molecule has 0 bridgehead atoms. The average molecular weight is 155 g/mol. The average Bonchev–Trinajstić information content (AvgIpc) is 1.88. The van der Waals surface area contributed by atoms with E-state index in [9.17, 15) is 9.59 Å². The predicted molar refractivity (Wildman–Crippen MR) is 38.0 cm³/mol. The second-order valence-electron chi connectivity index (χ2n) is 1.43. The standard InChI is InChI=1S/C6H5NO2S/c1-5(8)6(9)2-3-10-4-7/h2-3H,1H3. The minimum atomic E-state index is -0.581. The molecule has 0 spiro atoms. The molecule has 0 radical (unpaired) electrons. The first-order valence-corrected chi connectivity index (χ1v) is 3.32. The Morgan fingerprint density at radius 2 is 2.20 bits per heavy atom. The maximum atomic E-state index is 10.5. The summed E-state index contributed by atoms with van der Waals surface area (Å²) in [5, 5.41) is 11.0. The number of nitriles is 1. The van der Waals surface area contributed by atoms with Crippen molar-refractivity contribution in [2.24, 2.45) is 0 Å². The second-order valence-corrected chi connectivity index (χ2v) is 2.12. The van der Waals surface area contributed by atoms with E-state index in [1.165, 1.54) is 12.3 Å². The Balaban J connectivity index is 3.81. The van der Waals surface area contributed by atoms with Crippen molar-refractivity contribution in [3.8, 4) is 5.40 Å². The normalized spacial score (nSPS) is 9.20. The fourth-order valence-electron chi connectivity index (χ4n) is 0.244. The van der Waals surface area contributed by atoms with Crippen molar-refractivity contribution in [1.82, 2.24) is 0 Å². The number of rotatable bonds is 3. The summed E-state index contributed by atoms with van der Waals surface area (Å²) < 4.78 is 0. The molecule has 0 aromatic carbocycles. The Bertz CT molecular complexity index is 214. The topological polar surface area (TPSA) is 57.9 Å². The number of carbonyl (C=O) groups is 2. The van der Waals surface area contributed by atoms with Crippen molar-refractivity contribution < 1.29 is 9.59 Å². The lowest BCUT2D eigenvalue weighted by Gasteiger charge is -1.80. The van der Waals surface area contributed by atoms with Crippen LogP contribution in [-0.2, 0) is 9.59 Å². The maximum absolute atomic E-state index is 10.5. The molecule has 0 rings (SSSR count). The maximum Gasteiger partial charge on any atom is 0.221 e. The molecule has 3 nitrogen and oxygen atoms in total. The summed E-state index contributed by atoms with van der Waals surface area (Å²) in [5.74, 6) is -1.10. The van der Waals surface area contributed by atoms with Gasteiger partial charge in [0.25, 0.3) is 0 Å². The van der Waals surface area contributed by atoms with Crippen LogP contribution in [0.2, 0.25) is 0 Å². The lowest BCUT2D eigenvalue weighted by molar-refractivity contribution is -0.132. The molecule has 0 unspecified atom stereocenters. The van der Waals surface area contributed by atoms with E-state index in [0.29, 0.717) is 0 Å². The van der Waals surface area contributed by atoms with E-state index in [1.54, 1.807) is 5.40 Å². The zero-order valence-corrected chi connectivity index (χ0v) is 6.14. The molecule has 0 fully saturated rings. The molecule has 10 heavy (non-hydrogen) atoms. The van der Waals surface area contributed by atoms with Crippen molar-refractivity contribution in [1.29, 1.82) is 5.26 Å². The van der Waals surface area contributed by atoms with Gasteiger partial charge in [-0.05, 0) is 23.2 Å². The second kappa shape index (κ2) is 4.77. The molecule has 0 aliphatic heterocycles. The minimum Gasteiger partial charge on any atom is -0.291 e. The SMILES string of the molecule is CC(=O)C(=O)C=CSC#N. The van der Waals surface area contributed by atoms with E-state index >= 15 is 0 Å². The van der Waals surface area contributed by atoms with Gasteiger partial charge in [0.2, 0.25) is 5.78 Å². The lowest BCUT2D eigenvalue weighted by Crippen LogP contribution is -2.04. The first kappa shape index (κ1) is 8.92. The van der Waals surface area contributed by atoms with Crippen LogP contribution in [0.25, 0.3) is 0 Å². The lowest BCUT2D eigenvalue weighted by atomic mass is 10.3. The molecule has 0 N–H and O–H groups in total. The third-order valence-corrected chi connectivity index (χ3v) is 1.06. The van der Waals surface area contributed by atoms with Crippen LogP contribution in [0.3, 0.4) is 0 Å². The van der Waals surface area contributed by atoms with Crippen LogP contribution in [-0.4, -0.2) is 11.6 Å². The summed E-state index contributed by atoms with van der Waals surface area (Å²) in [4.78, 5) is 20.7. The Hall–Kier alpha value is -1.08. The van der Waals surface area contributed by atoms with Gasteiger partial charge < -0.3 is 0 Å². The first-order chi connectivity index (χ1) is 4.68. The summed E-state index contributed by atoms with van der Waals surface area (Å²) in [6, 6.07) is 0. The molecule has 0 atom stereocenters. The van der Waals surface area contributed by atoms with Crippen molar-refractivity contribution in [2.45, 2.75) is 6.92 Å². The predicted octanol–water partition coefficient (Wildman–Crippen LogP) is 0.872. The van der Waals surface area contributed by atoms with E-state index in [4.69, 9.17) is 5.26 Å². The van der Waals surface area contributed by atoms with Gasteiger partial charge in [0.05, 0.1) is 0 Å². The minimum absolute atomic E-state index is 0.519. The number of nitrogens with zero attached hydrogens (tertiary/aromatic N) is 1. The molecule has 0 heterocycles. The number of carbonyl (C=O) groups excluding carboxylic acids is 2. The van der Waals surface area contributed by atoms with Gasteiger partial charge in [-0.25, -0.2) is 0 Å². The molecule has 0 saturated carbocycles. The van der Waals surface area contributed by atoms with Gasteiger partial charge in [0, 0.05) is 6.92 Å². The molecule has 0 aromatic rings. The van der Waals surface area contributed by atoms with Crippen LogP contribution in [0.5, 0.6) is 0 Å². The van der Waals surface area contributed by atoms with E-state index in [2.05, 4.69) is 0 Å². The van der Waals surface area contributed by atoms with E-state index in [1.807, 2.05) is 0 Å². The summed E-state index contributed by atoms with van der Waals surface area (Å²) in [7, 11) is 0. The summed E-state index contributed by atoms with van der Waals surface area (Å²) in [5.41, 5.74) is 0. The third kappa shape index (κ3) is 3.87. The highest BCUT2D eigenvalue weighted by molar-refractivity contribution is 8.06. The molecule has 4 heteroatoms. The van der Waals surface area contributed by atoms with Crippen LogP contribution in [0.15, 0.2) is 11.5 Å². The quantitative estimate of drug-likeness (QED) is 0.345. The highest BCUT2D eigenvalue weighted by Crippen LogP contribution is 1.96. The Morgan fingerprint density at radius 3 is 2.60 bits per heavy atom. The number of hydrogen-bond donors (Lipinski definition) is 0. The van der Waals surface area contributed by atoms with Crippen molar-refractivity contribution in [2.75, 3.05) is 0 Å².